The molecule has 1 unspecified atom stereocenters. The smallest absolute Gasteiger partial charge is 0.263 e. The summed E-state index contributed by atoms with van der Waals surface area (Å²) >= 11 is 0. The summed E-state index contributed by atoms with van der Waals surface area (Å²) in [5.74, 6) is 4.13. The number of likely N-dealkylation sites (tertiary alicyclic amines) is 1. The number of pyridine rings is 1. The number of rotatable bonds is 7. The molecule has 4 aromatic rings. The molecule has 0 spiro atoms. The van der Waals surface area contributed by atoms with Crippen LogP contribution >= 0.6 is 0 Å². The number of hydrogen-bond acceptors (Lipinski definition) is 6. The number of benzene rings is 2. The first kappa shape index (κ1) is 28.9. The van der Waals surface area contributed by atoms with Gasteiger partial charge in [-0.3, -0.25) is 14.6 Å². The minimum atomic E-state index is -1.00. The van der Waals surface area contributed by atoms with Crippen molar-refractivity contribution in [2.75, 3.05) is 31.5 Å². The molecule has 10 heteroatoms. The van der Waals surface area contributed by atoms with E-state index in [4.69, 9.17) is 4.98 Å². The minimum absolute atomic E-state index is 0.0215. The number of nitrogens with one attached hydrogen (secondary N) is 2. The Balaban J connectivity index is 1.22. The molecule has 2 aromatic carbocycles. The Morgan fingerprint density at radius 2 is 1.90 bits per heavy atom. The molecular formula is C32H32F2N6O2. The Bertz CT molecular complexity index is 1720. The first-order valence-corrected chi connectivity index (χ1v) is 14.0. The molecule has 42 heavy (non-hydrogen) atoms. The van der Waals surface area contributed by atoms with E-state index in [-0.39, 0.29) is 12.1 Å². The summed E-state index contributed by atoms with van der Waals surface area (Å²) in [5.41, 5.74) is 1.99. The van der Waals surface area contributed by atoms with Crippen LogP contribution in [0, 0.1) is 23.5 Å². The first-order valence-electron chi connectivity index (χ1n) is 14.0. The average molecular weight is 571 g/mol. The van der Waals surface area contributed by atoms with E-state index in [0.29, 0.717) is 11.6 Å². The molecule has 216 valence electrons. The first-order chi connectivity index (χ1) is 20.3. The number of amides is 1. The molecule has 0 aliphatic carbocycles. The number of aromatic nitrogens is 3. The van der Waals surface area contributed by atoms with E-state index < -0.39 is 29.1 Å². The number of anilines is 1. The standard InChI is InChI=1S/C32H32F2N6O2/c1-3-39-16-12-24(13-17-39)37-30-20-36-28-11-8-22(18-29(28)38-30)6-4-14-35-31(41)25-7-5-15-40(32(25)42)21(2)23-9-10-26(33)27(34)19-23/h5,7-11,15,18-21,24H,3,12-14,16-17H2,1-2H3,(H,35,41)(H,37,38). The van der Waals surface area contributed by atoms with Crippen LogP contribution in [-0.4, -0.2) is 57.6 Å². The summed E-state index contributed by atoms with van der Waals surface area (Å²) in [6.07, 6.45) is 5.39. The maximum absolute atomic E-state index is 13.7. The predicted octanol–water partition coefficient (Wildman–Crippen LogP) is 4.36. The van der Waals surface area contributed by atoms with Crippen LogP contribution in [0.25, 0.3) is 11.0 Å². The largest absolute Gasteiger partial charge is 0.366 e. The third kappa shape index (κ3) is 6.64. The van der Waals surface area contributed by atoms with Gasteiger partial charge in [0, 0.05) is 30.9 Å². The number of fused-ring (bicyclic) bond motifs is 1. The molecule has 1 saturated heterocycles. The van der Waals surface area contributed by atoms with Gasteiger partial charge in [0.05, 0.1) is 29.8 Å². The van der Waals surface area contributed by atoms with E-state index in [0.717, 1.165) is 67.0 Å². The third-order valence-corrected chi connectivity index (χ3v) is 7.56. The topological polar surface area (TPSA) is 92.1 Å². The number of nitrogens with zero attached hydrogens (tertiary/aromatic N) is 4. The number of carbonyl (C=O) groups is 1. The Labute approximate surface area is 242 Å². The molecule has 2 N–H and O–H groups in total. The van der Waals surface area contributed by atoms with Crippen LogP contribution in [0.1, 0.15) is 54.2 Å². The van der Waals surface area contributed by atoms with Crippen molar-refractivity contribution in [1.82, 2.24) is 24.8 Å². The van der Waals surface area contributed by atoms with E-state index in [1.165, 1.54) is 22.9 Å². The molecule has 1 fully saturated rings. The number of hydrogen-bond donors (Lipinski definition) is 2. The summed E-state index contributed by atoms with van der Waals surface area (Å²) < 4.78 is 28.4. The number of piperidine rings is 1. The zero-order valence-corrected chi connectivity index (χ0v) is 23.5. The van der Waals surface area contributed by atoms with E-state index in [1.807, 2.05) is 18.2 Å². The fourth-order valence-corrected chi connectivity index (χ4v) is 5.05. The molecule has 5 rings (SSSR count). The monoisotopic (exact) mass is 570 g/mol. The fourth-order valence-electron chi connectivity index (χ4n) is 5.05. The molecule has 1 amide bonds. The van der Waals surface area contributed by atoms with Crippen molar-refractivity contribution in [3.63, 3.8) is 0 Å². The second-order valence-electron chi connectivity index (χ2n) is 10.3. The van der Waals surface area contributed by atoms with Crippen molar-refractivity contribution in [2.24, 2.45) is 0 Å². The minimum Gasteiger partial charge on any atom is -0.366 e. The third-order valence-electron chi connectivity index (χ3n) is 7.56. The van der Waals surface area contributed by atoms with E-state index in [2.05, 4.69) is 39.3 Å². The molecule has 1 atom stereocenters. The highest BCUT2D eigenvalue weighted by molar-refractivity contribution is 5.94. The maximum Gasteiger partial charge on any atom is 0.263 e. The van der Waals surface area contributed by atoms with Crippen LogP contribution in [0.5, 0.6) is 0 Å². The van der Waals surface area contributed by atoms with E-state index in [9.17, 15) is 18.4 Å². The van der Waals surface area contributed by atoms with Crippen molar-refractivity contribution in [3.05, 3.63) is 99.6 Å². The van der Waals surface area contributed by atoms with Crippen molar-refractivity contribution < 1.29 is 13.6 Å². The highest BCUT2D eigenvalue weighted by Gasteiger charge is 2.19. The van der Waals surface area contributed by atoms with Gasteiger partial charge in [0.25, 0.3) is 11.5 Å². The van der Waals surface area contributed by atoms with Crippen LogP contribution < -0.4 is 16.2 Å². The molecule has 2 aromatic heterocycles. The van der Waals surface area contributed by atoms with Gasteiger partial charge < -0.3 is 20.1 Å². The SMILES string of the molecule is CCN1CCC(Nc2cnc3ccc(C#CCNC(=O)c4cccn(C(C)c5ccc(F)c(F)c5)c4=O)cc3n2)CC1. The van der Waals surface area contributed by atoms with Crippen molar-refractivity contribution >= 4 is 22.8 Å². The van der Waals surface area contributed by atoms with Gasteiger partial charge in [0.15, 0.2) is 11.6 Å². The average Bonchev–Trinajstić information content (AvgIpc) is 3.00. The summed E-state index contributed by atoms with van der Waals surface area (Å²) in [4.78, 5) is 37.5. The zero-order valence-electron chi connectivity index (χ0n) is 23.5. The molecule has 0 bridgehead atoms. The summed E-state index contributed by atoms with van der Waals surface area (Å²) in [7, 11) is 0. The van der Waals surface area contributed by atoms with Gasteiger partial charge in [0.1, 0.15) is 11.4 Å². The Morgan fingerprint density at radius 1 is 1.10 bits per heavy atom. The van der Waals surface area contributed by atoms with Gasteiger partial charge in [0.2, 0.25) is 0 Å². The lowest BCUT2D eigenvalue weighted by Gasteiger charge is -2.31. The summed E-state index contributed by atoms with van der Waals surface area (Å²) in [6.45, 7) is 7.09. The van der Waals surface area contributed by atoms with Gasteiger partial charge in [-0.1, -0.05) is 24.8 Å². The van der Waals surface area contributed by atoms with E-state index in [1.54, 1.807) is 19.2 Å². The van der Waals surface area contributed by atoms with Gasteiger partial charge >= 0.3 is 0 Å². The molecular weight excluding hydrogens is 538 g/mol. The van der Waals surface area contributed by atoms with Crippen molar-refractivity contribution in [2.45, 2.75) is 38.8 Å². The van der Waals surface area contributed by atoms with E-state index >= 15 is 0 Å². The van der Waals surface area contributed by atoms with Crippen LogP contribution in [0.4, 0.5) is 14.6 Å². The molecule has 8 nitrogen and oxygen atoms in total. The molecule has 0 saturated carbocycles. The van der Waals surface area contributed by atoms with Crippen LogP contribution in [0.2, 0.25) is 0 Å². The molecule has 1 aliphatic heterocycles. The van der Waals surface area contributed by atoms with Crippen molar-refractivity contribution in [1.29, 1.82) is 0 Å². The Hall–Kier alpha value is -4.62. The van der Waals surface area contributed by atoms with Crippen molar-refractivity contribution in [3.8, 4) is 11.8 Å². The molecule has 1 aliphatic rings. The lowest BCUT2D eigenvalue weighted by molar-refractivity contribution is 0.0956. The van der Waals surface area contributed by atoms with Crippen LogP contribution in [0.3, 0.4) is 0 Å². The number of halogens is 2. The molecule has 0 radical (unpaired) electrons. The van der Waals surface area contributed by atoms with Gasteiger partial charge in [-0.2, -0.15) is 0 Å². The quantitative estimate of drug-likeness (QED) is 0.321. The van der Waals surface area contributed by atoms with Gasteiger partial charge in [-0.05, 0) is 74.3 Å². The second-order valence-corrected chi connectivity index (χ2v) is 10.3. The zero-order chi connectivity index (χ0) is 29.6. The number of carbonyl (C=O) groups excluding carboxylic acids is 1. The summed E-state index contributed by atoms with van der Waals surface area (Å²) in [5, 5.41) is 6.16. The fraction of sp³-hybridized carbons (Fsp3) is 0.312. The lowest BCUT2D eigenvalue weighted by atomic mass is 10.1. The Kier molecular flexibility index (Phi) is 8.88. The second kappa shape index (κ2) is 12.9. The van der Waals surface area contributed by atoms with Gasteiger partial charge in [-0.25, -0.2) is 13.8 Å². The van der Waals surface area contributed by atoms with Crippen LogP contribution in [0.15, 0.2) is 65.7 Å². The maximum atomic E-state index is 13.7. The highest BCUT2D eigenvalue weighted by atomic mass is 19.2. The van der Waals surface area contributed by atoms with Crippen LogP contribution in [-0.2, 0) is 0 Å². The summed E-state index contributed by atoms with van der Waals surface area (Å²) in [6, 6.07) is 11.8. The normalized spacial score (nSPS) is 14.7. The predicted molar refractivity (Wildman–Crippen MR) is 158 cm³/mol. The lowest BCUT2D eigenvalue weighted by Crippen LogP contribution is -2.39. The molecule has 3 heterocycles. The highest BCUT2D eigenvalue weighted by Crippen LogP contribution is 2.20. The van der Waals surface area contributed by atoms with Gasteiger partial charge in [-0.15, -0.1) is 0 Å². The Morgan fingerprint density at radius 3 is 2.67 bits per heavy atom.